The summed E-state index contributed by atoms with van der Waals surface area (Å²) < 4.78 is 8.20. The number of rotatable bonds is 10. The highest BCUT2D eigenvalue weighted by Gasteiger charge is 2.15. The van der Waals surface area contributed by atoms with E-state index >= 15 is 0 Å². The van der Waals surface area contributed by atoms with E-state index in [4.69, 9.17) is 4.74 Å². The molecule has 0 aliphatic heterocycles. The number of unbranched alkanes of at least 4 members (excludes halogenated alkanes) is 3. The predicted octanol–water partition coefficient (Wildman–Crippen LogP) is 2.17. The first kappa shape index (κ1) is 25.8. The van der Waals surface area contributed by atoms with Crippen LogP contribution < -0.4 is 28.5 Å². The first-order valence-corrected chi connectivity index (χ1v) is 10.6. The number of carbonyl (C=O) groups is 1. The lowest BCUT2D eigenvalue weighted by Crippen LogP contribution is -3.00. The molecule has 0 fully saturated rings. The number of hydrogen-bond donors (Lipinski definition) is 0. The van der Waals surface area contributed by atoms with Crippen molar-refractivity contribution < 1.29 is 38.4 Å². The Kier molecular flexibility index (Phi) is 9.21. The van der Waals surface area contributed by atoms with Gasteiger partial charge in [0.15, 0.2) is 0 Å². The maximum Gasteiger partial charge on any atom is 0.338 e. The first-order chi connectivity index (χ1) is 14.8. The Morgan fingerprint density at radius 2 is 1.78 bits per heavy atom. The monoisotopic (exact) mass is 551 g/mol. The highest BCUT2D eigenvalue weighted by atomic mass is 127. The molecular formula is C24H30IN3O4. The lowest BCUT2D eigenvalue weighted by atomic mass is 10.1. The lowest BCUT2D eigenvalue weighted by molar-refractivity contribution is -0.384. The molecule has 172 valence electrons. The second-order valence-corrected chi connectivity index (χ2v) is 8.62. The van der Waals surface area contributed by atoms with Crippen LogP contribution in [0.15, 0.2) is 54.7 Å². The lowest BCUT2D eigenvalue weighted by Gasteiger charge is -2.23. The SMILES string of the molecule is C[N+](C)(C)c1cccc(C(=O)OCCCCCCn2ccc3cc([N+](=O)[O-])ccc32)c1.[I-]. The standard InChI is InChI=1S/C24H30N3O4.HI/c1-27(2,3)22-10-8-9-20(18-22)24(28)31-16-7-5-4-6-14-25-15-13-19-17-21(26(29)30)11-12-23(19)25;/h8-13,15,17-18H,4-7,14,16H2,1-3H3;1H/q+1;/p-1. The zero-order valence-corrected chi connectivity index (χ0v) is 20.9. The number of ether oxygens (including phenoxy) is 1. The van der Waals surface area contributed by atoms with Gasteiger partial charge in [0.1, 0.15) is 5.69 Å². The van der Waals surface area contributed by atoms with Gasteiger partial charge in [0, 0.05) is 41.8 Å². The van der Waals surface area contributed by atoms with Crippen LogP contribution in [-0.2, 0) is 11.3 Å². The van der Waals surface area contributed by atoms with Crippen molar-refractivity contribution in [2.75, 3.05) is 27.7 Å². The van der Waals surface area contributed by atoms with Gasteiger partial charge in [-0.15, -0.1) is 0 Å². The van der Waals surface area contributed by atoms with Gasteiger partial charge in [0.25, 0.3) is 5.69 Å². The van der Waals surface area contributed by atoms with Gasteiger partial charge in [-0.2, -0.15) is 0 Å². The van der Waals surface area contributed by atoms with Gasteiger partial charge in [-0.3, -0.25) is 14.6 Å². The molecule has 0 atom stereocenters. The van der Waals surface area contributed by atoms with Crippen molar-refractivity contribution in [1.29, 1.82) is 0 Å². The number of carbonyl (C=O) groups excluding carboxylic acids is 1. The smallest absolute Gasteiger partial charge is 0.338 e. The van der Waals surface area contributed by atoms with Gasteiger partial charge in [0.05, 0.1) is 38.2 Å². The van der Waals surface area contributed by atoms with Crippen LogP contribution in [0, 0.1) is 10.1 Å². The van der Waals surface area contributed by atoms with Crippen LogP contribution in [0.2, 0.25) is 0 Å². The fourth-order valence-corrected chi connectivity index (χ4v) is 3.53. The average Bonchev–Trinajstić information content (AvgIpc) is 3.14. The van der Waals surface area contributed by atoms with Crippen LogP contribution in [0.3, 0.4) is 0 Å². The number of aryl methyl sites for hydroxylation is 1. The molecule has 0 N–H and O–H groups in total. The molecule has 0 unspecified atom stereocenters. The number of nitro groups is 1. The van der Waals surface area contributed by atoms with Crippen LogP contribution in [0.5, 0.6) is 0 Å². The summed E-state index contributed by atoms with van der Waals surface area (Å²) in [6, 6.07) is 14.4. The van der Waals surface area contributed by atoms with E-state index in [1.165, 1.54) is 0 Å². The van der Waals surface area contributed by atoms with E-state index in [9.17, 15) is 14.9 Å². The minimum absolute atomic E-state index is 0. The number of nitro benzene ring substituents is 1. The highest BCUT2D eigenvalue weighted by molar-refractivity contribution is 5.90. The predicted molar refractivity (Wildman–Crippen MR) is 123 cm³/mol. The fraction of sp³-hybridized carbons (Fsp3) is 0.375. The van der Waals surface area contributed by atoms with Crippen molar-refractivity contribution >= 4 is 28.2 Å². The number of non-ortho nitro benzene ring substituents is 1. The summed E-state index contributed by atoms with van der Waals surface area (Å²) >= 11 is 0. The third kappa shape index (κ3) is 6.77. The molecule has 0 spiro atoms. The van der Waals surface area contributed by atoms with E-state index in [1.54, 1.807) is 24.3 Å². The number of benzene rings is 2. The zero-order valence-electron chi connectivity index (χ0n) is 18.8. The molecule has 7 nitrogen and oxygen atoms in total. The summed E-state index contributed by atoms with van der Waals surface area (Å²) in [6.07, 6.45) is 5.82. The van der Waals surface area contributed by atoms with Crippen LogP contribution in [0.4, 0.5) is 11.4 Å². The summed E-state index contributed by atoms with van der Waals surface area (Å²) in [6.45, 7) is 1.28. The Bertz CT molecular complexity index is 1070. The molecule has 0 bridgehead atoms. The van der Waals surface area contributed by atoms with E-state index < -0.39 is 0 Å². The van der Waals surface area contributed by atoms with Crippen molar-refractivity contribution in [3.05, 3.63) is 70.4 Å². The van der Waals surface area contributed by atoms with Crippen molar-refractivity contribution in [2.45, 2.75) is 32.2 Å². The molecule has 0 saturated carbocycles. The van der Waals surface area contributed by atoms with Crippen LogP contribution in [0.25, 0.3) is 10.9 Å². The largest absolute Gasteiger partial charge is 1.00 e. The fourth-order valence-electron chi connectivity index (χ4n) is 3.53. The van der Waals surface area contributed by atoms with Crippen LogP contribution in [-0.4, -0.2) is 43.2 Å². The second kappa shape index (κ2) is 11.4. The average molecular weight is 551 g/mol. The minimum Gasteiger partial charge on any atom is -1.00 e. The molecule has 0 aliphatic rings. The van der Waals surface area contributed by atoms with Crippen LogP contribution >= 0.6 is 0 Å². The Labute approximate surface area is 205 Å². The van der Waals surface area contributed by atoms with E-state index in [2.05, 4.69) is 25.7 Å². The molecule has 2 aromatic carbocycles. The first-order valence-electron chi connectivity index (χ1n) is 10.6. The summed E-state index contributed by atoms with van der Waals surface area (Å²) in [5.74, 6) is -0.275. The number of esters is 1. The van der Waals surface area contributed by atoms with Crippen molar-refractivity contribution in [1.82, 2.24) is 9.05 Å². The molecule has 32 heavy (non-hydrogen) atoms. The zero-order chi connectivity index (χ0) is 22.4. The van der Waals surface area contributed by atoms with Gasteiger partial charge < -0.3 is 33.3 Å². The summed E-state index contributed by atoms with van der Waals surface area (Å²) in [5.41, 5.74) is 2.77. The van der Waals surface area contributed by atoms with E-state index in [1.807, 2.05) is 30.5 Å². The topological polar surface area (TPSA) is 74.4 Å². The molecule has 3 rings (SSSR count). The maximum absolute atomic E-state index is 12.3. The molecule has 1 aromatic heterocycles. The van der Waals surface area contributed by atoms with E-state index in [0.29, 0.717) is 16.7 Å². The highest BCUT2D eigenvalue weighted by Crippen LogP contribution is 2.22. The Balaban J connectivity index is 0.00000363. The summed E-state index contributed by atoms with van der Waals surface area (Å²) in [7, 11) is 6.18. The van der Waals surface area contributed by atoms with Gasteiger partial charge >= 0.3 is 5.97 Å². The van der Waals surface area contributed by atoms with Crippen molar-refractivity contribution in [2.24, 2.45) is 0 Å². The van der Waals surface area contributed by atoms with E-state index in [-0.39, 0.29) is 40.6 Å². The number of quaternary nitrogens is 1. The van der Waals surface area contributed by atoms with Crippen LogP contribution in [0.1, 0.15) is 36.0 Å². The Morgan fingerprint density at radius 1 is 1.03 bits per heavy atom. The molecule has 0 amide bonds. The van der Waals surface area contributed by atoms with Crippen molar-refractivity contribution in [3.8, 4) is 0 Å². The number of nitrogens with zero attached hydrogens (tertiary/aromatic N) is 3. The Morgan fingerprint density at radius 3 is 2.50 bits per heavy atom. The Hall–Kier alpha value is -2.46. The second-order valence-electron chi connectivity index (χ2n) is 8.62. The van der Waals surface area contributed by atoms with Crippen molar-refractivity contribution in [3.63, 3.8) is 0 Å². The number of halogens is 1. The molecular weight excluding hydrogens is 521 g/mol. The third-order valence-corrected chi connectivity index (χ3v) is 5.35. The summed E-state index contributed by atoms with van der Waals surface area (Å²) in [5, 5.41) is 11.8. The molecule has 0 radical (unpaired) electrons. The van der Waals surface area contributed by atoms with Gasteiger partial charge in [0.2, 0.25) is 0 Å². The van der Waals surface area contributed by atoms with E-state index in [0.717, 1.165) is 48.8 Å². The number of hydrogen-bond acceptors (Lipinski definition) is 4. The molecule has 3 aromatic rings. The molecule has 0 saturated heterocycles. The summed E-state index contributed by atoms with van der Waals surface area (Å²) in [4.78, 5) is 22.8. The van der Waals surface area contributed by atoms with Gasteiger partial charge in [-0.25, -0.2) is 4.79 Å². The minimum atomic E-state index is -0.371. The molecule has 8 heteroatoms. The molecule has 1 heterocycles. The normalized spacial score (nSPS) is 11.2. The van der Waals surface area contributed by atoms with Gasteiger partial charge in [-0.05, 0) is 43.5 Å². The maximum atomic E-state index is 12.3. The third-order valence-electron chi connectivity index (χ3n) is 5.35. The van der Waals surface area contributed by atoms with Gasteiger partial charge in [-0.1, -0.05) is 12.5 Å². The number of aromatic nitrogens is 1. The number of fused-ring (bicyclic) bond motifs is 1. The molecule has 0 aliphatic carbocycles. The quantitative estimate of drug-likeness (QED) is 0.0968.